The van der Waals surface area contributed by atoms with Crippen LogP contribution in [0.15, 0.2) is 24.5 Å². The number of rotatable bonds is 6. The predicted molar refractivity (Wildman–Crippen MR) is 60.0 cm³/mol. The SMILES string of the molecule is CN(CCCC(N)c1cccnc1)[N+](=O)[O-]. The van der Waals surface area contributed by atoms with Crippen LogP contribution in [0.2, 0.25) is 0 Å². The maximum atomic E-state index is 10.3. The summed E-state index contributed by atoms with van der Waals surface area (Å²) in [4.78, 5) is 14.3. The van der Waals surface area contributed by atoms with Crippen LogP contribution >= 0.6 is 0 Å². The van der Waals surface area contributed by atoms with Crippen LogP contribution in [0, 0.1) is 10.1 Å². The van der Waals surface area contributed by atoms with E-state index in [1.807, 2.05) is 12.1 Å². The quantitative estimate of drug-likeness (QED) is 0.575. The lowest BCUT2D eigenvalue weighted by atomic mass is 10.1. The first-order chi connectivity index (χ1) is 7.61. The van der Waals surface area contributed by atoms with Crippen molar-refractivity contribution in [3.63, 3.8) is 0 Å². The lowest BCUT2D eigenvalue weighted by Gasteiger charge is -2.12. The topological polar surface area (TPSA) is 85.3 Å². The van der Waals surface area contributed by atoms with Gasteiger partial charge in [0.05, 0.1) is 13.6 Å². The van der Waals surface area contributed by atoms with Gasteiger partial charge in [0, 0.05) is 18.4 Å². The van der Waals surface area contributed by atoms with Gasteiger partial charge in [-0.1, -0.05) is 6.07 Å². The molecule has 0 spiro atoms. The normalized spacial score (nSPS) is 12.1. The average Bonchev–Trinajstić information content (AvgIpc) is 2.29. The van der Waals surface area contributed by atoms with Gasteiger partial charge in [0.2, 0.25) is 0 Å². The molecule has 1 aromatic rings. The molecular formula is C10H16N4O2. The summed E-state index contributed by atoms with van der Waals surface area (Å²) in [6.07, 6.45) is 4.82. The molecule has 0 aliphatic rings. The van der Waals surface area contributed by atoms with Gasteiger partial charge in [0.25, 0.3) is 0 Å². The number of hydrazine groups is 1. The molecule has 6 nitrogen and oxygen atoms in total. The van der Waals surface area contributed by atoms with E-state index in [2.05, 4.69) is 4.98 Å². The van der Waals surface area contributed by atoms with Crippen molar-refractivity contribution in [2.45, 2.75) is 18.9 Å². The van der Waals surface area contributed by atoms with E-state index in [4.69, 9.17) is 5.73 Å². The van der Waals surface area contributed by atoms with Crippen LogP contribution in [0.5, 0.6) is 0 Å². The third-order valence-electron chi connectivity index (χ3n) is 2.39. The summed E-state index contributed by atoms with van der Waals surface area (Å²) in [5, 5.41) is 11.0. The smallest absolute Gasteiger partial charge is 0.159 e. The molecule has 0 saturated carbocycles. The Labute approximate surface area is 94.2 Å². The van der Waals surface area contributed by atoms with Crippen LogP contribution in [0.1, 0.15) is 24.4 Å². The minimum absolute atomic E-state index is 0.103. The van der Waals surface area contributed by atoms with Crippen molar-refractivity contribution in [1.29, 1.82) is 0 Å². The summed E-state index contributed by atoms with van der Waals surface area (Å²) in [7, 11) is 1.45. The highest BCUT2D eigenvalue weighted by Gasteiger charge is 2.09. The number of nitrogens with zero attached hydrogens (tertiary/aromatic N) is 3. The fraction of sp³-hybridized carbons (Fsp3) is 0.500. The van der Waals surface area contributed by atoms with E-state index in [1.165, 1.54) is 7.05 Å². The zero-order valence-electron chi connectivity index (χ0n) is 9.24. The number of pyridine rings is 1. The van der Waals surface area contributed by atoms with Crippen molar-refractivity contribution in [2.24, 2.45) is 5.73 Å². The second-order valence-electron chi connectivity index (χ2n) is 3.65. The minimum Gasteiger partial charge on any atom is -0.324 e. The number of nitro groups is 1. The Morgan fingerprint density at radius 3 is 3.00 bits per heavy atom. The zero-order valence-corrected chi connectivity index (χ0v) is 9.24. The van der Waals surface area contributed by atoms with Gasteiger partial charge in [-0.05, 0) is 24.5 Å². The Balaban J connectivity index is 2.31. The van der Waals surface area contributed by atoms with E-state index >= 15 is 0 Å². The summed E-state index contributed by atoms with van der Waals surface area (Å²) < 4.78 is 0. The summed E-state index contributed by atoms with van der Waals surface area (Å²) in [6.45, 7) is 0.404. The van der Waals surface area contributed by atoms with Crippen LogP contribution in [-0.2, 0) is 0 Å². The van der Waals surface area contributed by atoms with Gasteiger partial charge in [-0.2, -0.15) is 0 Å². The first-order valence-electron chi connectivity index (χ1n) is 5.12. The minimum atomic E-state index is -0.421. The van der Waals surface area contributed by atoms with Crippen molar-refractivity contribution in [1.82, 2.24) is 9.99 Å². The molecule has 1 heterocycles. The lowest BCUT2D eigenvalue weighted by Crippen LogP contribution is -2.26. The highest BCUT2D eigenvalue weighted by molar-refractivity contribution is 5.12. The summed E-state index contributed by atoms with van der Waals surface area (Å²) in [5.41, 5.74) is 6.89. The number of hydrogen-bond donors (Lipinski definition) is 1. The molecule has 0 saturated heterocycles. The third kappa shape index (κ3) is 3.82. The molecule has 0 bridgehead atoms. The maximum Gasteiger partial charge on any atom is 0.159 e. The van der Waals surface area contributed by atoms with Crippen LogP contribution in [0.3, 0.4) is 0 Å². The van der Waals surface area contributed by atoms with Crippen molar-refractivity contribution in [2.75, 3.05) is 13.6 Å². The lowest BCUT2D eigenvalue weighted by molar-refractivity contribution is -0.648. The largest absolute Gasteiger partial charge is 0.324 e. The van der Waals surface area contributed by atoms with Crippen molar-refractivity contribution < 1.29 is 5.03 Å². The average molecular weight is 224 g/mol. The molecular weight excluding hydrogens is 208 g/mol. The van der Waals surface area contributed by atoms with E-state index in [9.17, 15) is 10.1 Å². The van der Waals surface area contributed by atoms with Crippen LogP contribution in [-0.4, -0.2) is 28.6 Å². The molecule has 1 atom stereocenters. The highest BCUT2D eigenvalue weighted by Crippen LogP contribution is 2.14. The van der Waals surface area contributed by atoms with Gasteiger partial charge in [0.15, 0.2) is 5.03 Å². The Hall–Kier alpha value is -1.69. The van der Waals surface area contributed by atoms with Gasteiger partial charge >= 0.3 is 0 Å². The van der Waals surface area contributed by atoms with Crippen molar-refractivity contribution in [3.8, 4) is 0 Å². The van der Waals surface area contributed by atoms with Gasteiger partial charge in [-0.3, -0.25) is 4.98 Å². The second kappa shape index (κ2) is 6.02. The molecule has 0 radical (unpaired) electrons. The van der Waals surface area contributed by atoms with Gasteiger partial charge in [0.1, 0.15) is 0 Å². The standard InChI is InChI=1S/C10H16N4O2/c1-13(14(15)16)7-3-5-10(11)9-4-2-6-12-8-9/h2,4,6,8,10H,3,5,7,11H2,1H3. The van der Waals surface area contributed by atoms with Crippen molar-refractivity contribution >= 4 is 0 Å². The van der Waals surface area contributed by atoms with Crippen LogP contribution in [0.25, 0.3) is 0 Å². The Morgan fingerprint density at radius 1 is 1.69 bits per heavy atom. The number of hydrogen-bond acceptors (Lipinski definition) is 4. The highest BCUT2D eigenvalue weighted by atomic mass is 16.7. The fourth-order valence-corrected chi connectivity index (χ4v) is 1.38. The summed E-state index contributed by atoms with van der Waals surface area (Å²) in [6, 6.07) is 3.64. The summed E-state index contributed by atoms with van der Waals surface area (Å²) >= 11 is 0. The molecule has 0 aliphatic heterocycles. The molecule has 1 aromatic heterocycles. The monoisotopic (exact) mass is 224 g/mol. The molecule has 2 N–H and O–H groups in total. The number of nitrogens with two attached hydrogens (primary N) is 1. The first-order valence-corrected chi connectivity index (χ1v) is 5.12. The molecule has 0 aliphatic carbocycles. The van der Waals surface area contributed by atoms with E-state index < -0.39 is 5.03 Å². The molecule has 1 unspecified atom stereocenters. The van der Waals surface area contributed by atoms with E-state index in [0.29, 0.717) is 19.4 Å². The number of aromatic nitrogens is 1. The molecule has 1 rings (SSSR count). The molecule has 0 amide bonds. The Morgan fingerprint density at radius 2 is 2.44 bits per heavy atom. The Kier molecular flexibility index (Phi) is 4.65. The van der Waals surface area contributed by atoms with Gasteiger partial charge in [-0.25, -0.2) is 10.1 Å². The maximum absolute atomic E-state index is 10.3. The Bertz CT molecular complexity index is 331. The summed E-state index contributed by atoms with van der Waals surface area (Å²) in [5.74, 6) is 0. The molecule has 0 aromatic carbocycles. The van der Waals surface area contributed by atoms with Gasteiger partial charge in [-0.15, -0.1) is 5.01 Å². The van der Waals surface area contributed by atoms with Crippen molar-refractivity contribution in [3.05, 3.63) is 40.2 Å². The predicted octanol–water partition coefficient (Wildman–Crippen LogP) is 0.985. The fourth-order valence-electron chi connectivity index (χ4n) is 1.38. The van der Waals surface area contributed by atoms with Crippen LogP contribution in [0.4, 0.5) is 0 Å². The van der Waals surface area contributed by atoms with E-state index in [1.54, 1.807) is 12.4 Å². The second-order valence-corrected chi connectivity index (χ2v) is 3.65. The molecule has 16 heavy (non-hydrogen) atoms. The van der Waals surface area contributed by atoms with E-state index in [-0.39, 0.29) is 6.04 Å². The molecule has 6 heteroatoms. The zero-order chi connectivity index (χ0) is 12.0. The molecule has 0 fully saturated rings. The van der Waals surface area contributed by atoms with Crippen LogP contribution < -0.4 is 5.73 Å². The van der Waals surface area contributed by atoms with Gasteiger partial charge < -0.3 is 5.73 Å². The third-order valence-corrected chi connectivity index (χ3v) is 2.39. The molecule has 88 valence electrons. The van der Waals surface area contributed by atoms with E-state index in [0.717, 1.165) is 10.6 Å². The first kappa shape index (κ1) is 12.4.